The van der Waals surface area contributed by atoms with Gasteiger partial charge >= 0.3 is 0 Å². The Bertz CT molecular complexity index is 370. The first kappa shape index (κ1) is 11.8. The number of nitrogens with two attached hydrogens (primary N) is 1. The highest BCUT2D eigenvalue weighted by Gasteiger charge is 2.17. The molecule has 0 spiro atoms. The van der Waals surface area contributed by atoms with Crippen molar-refractivity contribution in [3.63, 3.8) is 0 Å². The Kier molecular flexibility index (Phi) is 3.74. The van der Waals surface area contributed by atoms with Crippen LogP contribution in [0.3, 0.4) is 0 Å². The van der Waals surface area contributed by atoms with Crippen LogP contribution in [0.1, 0.15) is 38.2 Å². The second-order valence-electron chi connectivity index (χ2n) is 4.52. The van der Waals surface area contributed by atoms with Gasteiger partial charge in [-0.1, -0.05) is 19.8 Å². The fourth-order valence-electron chi connectivity index (χ4n) is 2.40. The molecule has 2 nitrogen and oxygen atoms in total. The van der Waals surface area contributed by atoms with Crippen LogP contribution in [-0.2, 0) is 6.42 Å². The molecule has 0 heterocycles. The minimum atomic E-state index is 0.644. The van der Waals surface area contributed by atoms with E-state index in [2.05, 4.69) is 34.2 Å². The van der Waals surface area contributed by atoms with E-state index >= 15 is 0 Å². The van der Waals surface area contributed by atoms with Gasteiger partial charge in [0.2, 0.25) is 0 Å². The summed E-state index contributed by atoms with van der Waals surface area (Å²) in [5, 5.41) is 3.65. The van der Waals surface area contributed by atoms with Crippen LogP contribution in [0.25, 0.3) is 0 Å². The normalized spacial score (nSPS) is 16.6. The molecular formula is C13H19BrN2. The summed E-state index contributed by atoms with van der Waals surface area (Å²) in [5.74, 6) is 0. The predicted octanol–water partition coefficient (Wildman–Crippen LogP) is 3.95. The summed E-state index contributed by atoms with van der Waals surface area (Å²) in [4.78, 5) is 0. The zero-order valence-electron chi connectivity index (χ0n) is 9.72. The van der Waals surface area contributed by atoms with Gasteiger partial charge in [0, 0.05) is 16.2 Å². The smallest absolute Gasteiger partial charge is 0.0520 e. The number of hydrogen-bond acceptors (Lipinski definition) is 2. The number of rotatable bonds is 3. The van der Waals surface area contributed by atoms with Crippen molar-refractivity contribution in [2.24, 2.45) is 0 Å². The van der Waals surface area contributed by atoms with Crippen molar-refractivity contribution in [1.29, 1.82) is 0 Å². The summed E-state index contributed by atoms with van der Waals surface area (Å²) in [7, 11) is 0. The maximum absolute atomic E-state index is 5.85. The van der Waals surface area contributed by atoms with Crippen LogP contribution in [0.4, 0.5) is 11.4 Å². The molecule has 1 aliphatic carbocycles. The summed E-state index contributed by atoms with van der Waals surface area (Å²) in [6.07, 6.45) is 6.30. The average Bonchev–Trinajstić information content (AvgIpc) is 2.74. The van der Waals surface area contributed by atoms with E-state index in [4.69, 9.17) is 5.73 Å². The lowest BCUT2D eigenvalue weighted by Crippen LogP contribution is -2.16. The maximum Gasteiger partial charge on any atom is 0.0520 e. The van der Waals surface area contributed by atoms with Gasteiger partial charge in [0.1, 0.15) is 0 Å². The quantitative estimate of drug-likeness (QED) is 0.824. The SMILES string of the molecule is CCc1cc(N)cc(Br)c1NC1CCCC1. The van der Waals surface area contributed by atoms with E-state index in [1.54, 1.807) is 0 Å². The molecule has 0 amide bonds. The summed E-state index contributed by atoms with van der Waals surface area (Å²) < 4.78 is 1.09. The molecule has 1 fully saturated rings. The molecule has 0 saturated heterocycles. The topological polar surface area (TPSA) is 38.0 Å². The molecule has 0 aliphatic heterocycles. The molecule has 1 aliphatic rings. The minimum Gasteiger partial charge on any atom is -0.399 e. The van der Waals surface area contributed by atoms with Gasteiger partial charge in [-0.2, -0.15) is 0 Å². The van der Waals surface area contributed by atoms with E-state index < -0.39 is 0 Å². The van der Waals surface area contributed by atoms with Crippen LogP contribution in [0.15, 0.2) is 16.6 Å². The molecule has 16 heavy (non-hydrogen) atoms. The van der Waals surface area contributed by atoms with E-state index in [1.807, 2.05) is 6.07 Å². The largest absolute Gasteiger partial charge is 0.399 e. The Morgan fingerprint density at radius 2 is 2.06 bits per heavy atom. The fraction of sp³-hybridized carbons (Fsp3) is 0.538. The monoisotopic (exact) mass is 282 g/mol. The second kappa shape index (κ2) is 5.09. The van der Waals surface area contributed by atoms with Crippen LogP contribution in [-0.4, -0.2) is 6.04 Å². The third-order valence-electron chi connectivity index (χ3n) is 3.28. The molecule has 0 aromatic heterocycles. The fourth-order valence-corrected chi connectivity index (χ4v) is 3.04. The average molecular weight is 283 g/mol. The number of anilines is 2. The molecule has 1 aromatic carbocycles. The van der Waals surface area contributed by atoms with Crippen molar-refractivity contribution in [2.45, 2.75) is 45.1 Å². The molecule has 88 valence electrons. The number of aryl methyl sites for hydroxylation is 1. The molecule has 0 bridgehead atoms. The standard InChI is InChI=1S/C13H19BrN2/c1-2-9-7-10(15)8-12(14)13(9)16-11-5-3-4-6-11/h7-8,11,16H,2-6,15H2,1H3. The van der Waals surface area contributed by atoms with Gasteiger partial charge in [0.15, 0.2) is 0 Å². The molecule has 0 atom stereocenters. The van der Waals surface area contributed by atoms with Crippen molar-refractivity contribution < 1.29 is 0 Å². The highest BCUT2D eigenvalue weighted by molar-refractivity contribution is 9.10. The molecule has 2 rings (SSSR count). The summed E-state index contributed by atoms with van der Waals surface area (Å²) in [5.41, 5.74) is 9.23. The van der Waals surface area contributed by atoms with Crippen molar-refractivity contribution in [3.8, 4) is 0 Å². The van der Waals surface area contributed by atoms with Gasteiger partial charge in [-0.3, -0.25) is 0 Å². The van der Waals surface area contributed by atoms with Crippen molar-refractivity contribution in [1.82, 2.24) is 0 Å². The van der Waals surface area contributed by atoms with E-state index in [1.165, 1.54) is 36.9 Å². The van der Waals surface area contributed by atoms with Crippen LogP contribution in [0.5, 0.6) is 0 Å². The van der Waals surface area contributed by atoms with E-state index in [0.717, 1.165) is 16.6 Å². The third kappa shape index (κ3) is 2.51. The predicted molar refractivity (Wildman–Crippen MR) is 73.8 cm³/mol. The molecule has 1 aromatic rings. The number of nitrogens with one attached hydrogen (secondary N) is 1. The number of halogens is 1. The lowest BCUT2D eigenvalue weighted by molar-refractivity contribution is 0.753. The number of benzene rings is 1. The maximum atomic E-state index is 5.85. The zero-order valence-corrected chi connectivity index (χ0v) is 11.3. The number of hydrogen-bond donors (Lipinski definition) is 2. The van der Waals surface area contributed by atoms with Gasteiger partial charge in [0.05, 0.1) is 5.69 Å². The minimum absolute atomic E-state index is 0.644. The Morgan fingerprint density at radius 3 is 2.69 bits per heavy atom. The molecule has 1 saturated carbocycles. The molecular weight excluding hydrogens is 264 g/mol. The summed E-state index contributed by atoms with van der Waals surface area (Å²) in [6.45, 7) is 2.17. The first-order chi connectivity index (χ1) is 7.70. The van der Waals surface area contributed by atoms with Crippen LogP contribution in [0, 0.1) is 0 Å². The van der Waals surface area contributed by atoms with Crippen molar-refractivity contribution in [2.75, 3.05) is 11.1 Å². The Balaban J connectivity index is 2.23. The molecule has 3 heteroatoms. The molecule has 0 unspecified atom stereocenters. The second-order valence-corrected chi connectivity index (χ2v) is 5.37. The van der Waals surface area contributed by atoms with Crippen LogP contribution in [0.2, 0.25) is 0 Å². The highest BCUT2D eigenvalue weighted by Crippen LogP contribution is 2.32. The summed E-state index contributed by atoms with van der Waals surface area (Å²) >= 11 is 3.60. The Morgan fingerprint density at radius 1 is 1.38 bits per heavy atom. The van der Waals surface area contributed by atoms with Gasteiger partial charge in [-0.15, -0.1) is 0 Å². The van der Waals surface area contributed by atoms with E-state index in [-0.39, 0.29) is 0 Å². The molecule has 3 N–H and O–H groups in total. The zero-order chi connectivity index (χ0) is 11.5. The lowest BCUT2D eigenvalue weighted by atomic mass is 10.1. The third-order valence-corrected chi connectivity index (χ3v) is 3.90. The van der Waals surface area contributed by atoms with E-state index in [9.17, 15) is 0 Å². The van der Waals surface area contributed by atoms with Gasteiger partial charge in [-0.25, -0.2) is 0 Å². The van der Waals surface area contributed by atoms with Crippen LogP contribution >= 0.6 is 15.9 Å². The first-order valence-corrected chi connectivity index (χ1v) is 6.84. The Labute approximate surface area is 106 Å². The van der Waals surface area contributed by atoms with Crippen LogP contribution < -0.4 is 11.1 Å². The molecule has 0 radical (unpaired) electrons. The van der Waals surface area contributed by atoms with E-state index in [0.29, 0.717) is 6.04 Å². The van der Waals surface area contributed by atoms with Crippen molar-refractivity contribution >= 4 is 27.3 Å². The Hall–Kier alpha value is -0.700. The summed E-state index contributed by atoms with van der Waals surface area (Å²) in [6, 6.07) is 4.70. The first-order valence-electron chi connectivity index (χ1n) is 6.05. The van der Waals surface area contributed by atoms with Gasteiger partial charge in [-0.05, 0) is 52.9 Å². The lowest BCUT2D eigenvalue weighted by Gasteiger charge is -2.18. The van der Waals surface area contributed by atoms with Gasteiger partial charge in [0.25, 0.3) is 0 Å². The highest BCUT2D eigenvalue weighted by atomic mass is 79.9. The number of nitrogen functional groups attached to an aromatic ring is 1. The van der Waals surface area contributed by atoms with Gasteiger partial charge < -0.3 is 11.1 Å². The van der Waals surface area contributed by atoms with Crippen molar-refractivity contribution in [3.05, 3.63) is 22.2 Å².